The first-order chi connectivity index (χ1) is 8.81. The largest absolute Gasteiger partial charge is 0.378 e. The zero-order valence-corrected chi connectivity index (χ0v) is 13.2. The topological polar surface area (TPSA) is 15.3 Å². The first-order valence-electron chi connectivity index (χ1n) is 7.03. The van der Waals surface area contributed by atoms with Crippen LogP contribution in [0.2, 0.25) is 0 Å². The maximum atomic E-state index is 3.55. The van der Waals surface area contributed by atoms with Gasteiger partial charge in [-0.3, -0.25) is 0 Å². The molecule has 0 amide bonds. The number of rotatable bonds is 5. The first-order valence-corrected chi connectivity index (χ1v) is 7.03. The van der Waals surface area contributed by atoms with Gasteiger partial charge in [-0.2, -0.15) is 0 Å². The standard InChI is InChI=1S/C17H28N2/c1-7-14(13-18-17(2,3)4)12-15-8-10-16(11-9-15)19(5)6/h8-12,18H,7,13H2,1-6H3. The second-order valence-electron chi connectivity index (χ2n) is 6.25. The van der Waals surface area contributed by atoms with Gasteiger partial charge < -0.3 is 10.2 Å². The molecule has 1 rings (SSSR count). The lowest BCUT2D eigenvalue weighted by molar-refractivity contribution is 0.443. The van der Waals surface area contributed by atoms with Crippen LogP contribution >= 0.6 is 0 Å². The maximum Gasteiger partial charge on any atom is 0.0361 e. The van der Waals surface area contributed by atoms with Gasteiger partial charge in [0.05, 0.1) is 0 Å². The molecule has 1 N–H and O–H groups in total. The van der Waals surface area contributed by atoms with Crippen LogP contribution in [0.5, 0.6) is 0 Å². The molecule has 106 valence electrons. The fraction of sp³-hybridized carbons (Fsp3) is 0.529. The summed E-state index contributed by atoms with van der Waals surface area (Å²) < 4.78 is 0. The van der Waals surface area contributed by atoms with E-state index >= 15 is 0 Å². The Hall–Kier alpha value is -1.28. The molecule has 0 saturated heterocycles. The molecule has 0 heterocycles. The van der Waals surface area contributed by atoms with Crippen molar-refractivity contribution >= 4 is 11.8 Å². The smallest absolute Gasteiger partial charge is 0.0361 e. The van der Waals surface area contributed by atoms with Gasteiger partial charge in [0.2, 0.25) is 0 Å². The molecule has 1 aromatic rings. The van der Waals surface area contributed by atoms with E-state index in [4.69, 9.17) is 0 Å². The van der Waals surface area contributed by atoms with Crippen molar-refractivity contribution in [3.63, 3.8) is 0 Å². The molecule has 0 aliphatic carbocycles. The molecule has 0 fully saturated rings. The molecule has 19 heavy (non-hydrogen) atoms. The lowest BCUT2D eigenvalue weighted by atomic mass is 10.1. The minimum Gasteiger partial charge on any atom is -0.378 e. The molecule has 0 atom stereocenters. The van der Waals surface area contributed by atoms with Crippen molar-refractivity contribution in [2.45, 2.75) is 39.7 Å². The third-order valence-electron chi connectivity index (χ3n) is 3.08. The van der Waals surface area contributed by atoms with Gasteiger partial charge in [0.1, 0.15) is 0 Å². The van der Waals surface area contributed by atoms with Crippen LogP contribution in [-0.2, 0) is 0 Å². The van der Waals surface area contributed by atoms with Crippen molar-refractivity contribution in [3.8, 4) is 0 Å². The molecule has 0 spiro atoms. The van der Waals surface area contributed by atoms with Gasteiger partial charge in [0.15, 0.2) is 0 Å². The Bertz CT molecular complexity index is 408. The Morgan fingerprint density at radius 3 is 2.16 bits per heavy atom. The third kappa shape index (κ3) is 5.93. The molecule has 2 nitrogen and oxygen atoms in total. The van der Waals surface area contributed by atoms with E-state index in [-0.39, 0.29) is 5.54 Å². The number of hydrogen-bond donors (Lipinski definition) is 1. The Morgan fingerprint density at radius 2 is 1.74 bits per heavy atom. The Kier molecular flexibility index (Phi) is 5.61. The minimum atomic E-state index is 0.170. The van der Waals surface area contributed by atoms with Gasteiger partial charge in [-0.15, -0.1) is 0 Å². The molecule has 2 heteroatoms. The second-order valence-corrected chi connectivity index (χ2v) is 6.25. The van der Waals surface area contributed by atoms with E-state index in [0.29, 0.717) is 0 Å². The molecule has 0 saturated carbocycles. The van der Waals surface area contributed by atoms with E-state index in [2.05, 4.69) is 82.3 Å². The molecule has 0 unspecified atom stereocenters. The summed E-state index contributed by atoms with van der Waals surface area (Å²) in [6, 6.07) is 8.69. The fourth-order valence-corrected chi connectivity index (χ4v) is 1.76. The highest BCUT2D eigenvalue weighted by molar-refractivity contribution is 5.57. The average molecular weight is 260 g/mol. The van der Waals surface area contributed by atoms with E-state index in [1.807, 2.05) is 0 Å². The van der Waals surface area contributed by atoms with Crippen molar-refractivity contribution in [1.82, 2.24) is 5.32 Å². The highest BCUT2D eigenvalue weighted by Crippen LogP contribution is 2.15. The van der Waals surface area contributed by atoms with Crippen molar-refractivity contribution in [3.05, 3.63) is 35.4 Å². The predicted molar refractivity (Wildman–Crippen MR) is 86.8 cm³/mol. The molecule has 0 aliphatic heterocycles. The first kappa shape index (κ1) is 15.8. The van der Waals surface area contributed by atoms with Crippen molar-refractivity contribution < 1.29 is 0 Å². The lowest BCUT2D eigenvalue weighted by Gasteiger charge is -2.21. The summed E-state index contributed by atoms with van der Waals surface area (Å²) in [6.45, 7) is 9.77. The van der Waals surface area contributed by atoms with Crippen molar-refractivity contribution in [2.75, 3.05) is 25.5 Å². The Labute approximate surface area is 118 Å². The quantitative estimate of drug-likeness (QED) is 0.863. The average Bonchev–Trinajstić information content (AvgIpc) is 2.34. The van der Waals surface area contributed by atoms with E-state index in [1.54, 1.807) is 0 Å². The second kappa shape index (κ2) is 6.76. The summed E-state index contributed by atoms with van der Waals surface area (Å²) in [5.41, 5.74) is 4.12. The van der Waals surface area contributed by atoms with Crippen LogP contribution < -0.4 is 10.2 Å². The van der Waals surface area contributed by atoms with E-state index in [1.165, 1.54) is 16.8 Å². The molecule has 1 aromatic carbocycles. The normalized spacial score (nSPS) is 12.6. The third-order valence-corrected chi connectivity index (χ3v) is 3.08. The van der Waals surface area contributed by atoms with E-state index < -0.39 is 0 Å². The summed E-state index contributed by atoms with van der Waals surface area (Å²) in [5, 5.41) is 3.55. The summed E-state index contributed by atoms with van der Waals surface area (Å²) in [6.07, 6.45) is 3.37. The maximum absolute atomic E-state index is 3.55. The summed E-state index contributed by atoms with van der Waals surface area (Å²) in [5.74, 6) is 0. The van der Waals surface area contributed by atoms with Crippen LogP contribution in [-0.4, -0.2) is 26.2 Å². The number of anilines is 1. The SMILES string of the molecule is CCC(=Cc1ccc(N(C)C)cc1)CNC(C)(C)C. The van der Waals surface area contributed by atoms with Crippen molar-refractivity contribution in [2.24, 2.45) is 0 Å². The zero-order valence-electron chi connectivity index (χ0n) is 13.2. The van der Waals surface area contributed by atoms with E-state index in [0.717, 1.165) is 13.0 Å². The highest BCUT2D eigenvalue weighted by Gasteiger charge is 2.08. The predicted octanol–water partition coefficient (Wildman–Crippen LogP) is 3.93. The number of nitrogens with one attached hydrogen (secondary N) is 1. The summed E-state index contributed by atoms with van der Waals surface area (Å²) in [7, 11) is 4.13. The van der Waals surface area contributed by atoms with Crippen LogP contribution in [0.1, 0.15) is 39.7 Å². The van der Waals surface area contributed by atoms with E-state index in [9.17, 15) is 0 Å². The van der Waals surface area contributed by atoms with Gasteiger partial charge in [0.25, 0.3) is 0 Å². The van der Waals surface area contributed by atoms with Gasteiger partial charge in [-0.25, -0.2) is 0 Å². The fourth-order valence-electron chi connectivity index (χ4n) is 1.76. The molecule has 0 radical (unpaired) electrons. The van der Waals surface area contributed by atoms with Crippen LogP contribution in [0.15, 0.2) is 29.8 Å². The zero-order chi connectivity index (χ0) is 14.5. The Morgan fingerprint density at radius 1 is 1.16 bits per heavy atom. The van der Waals surface area contributed by atoms with Crippen molar-refractivity contribution in [1.29, 1.82) is 0 Å². The van der Waals surface area contributed by atoms with Crippen LogP contribution in [0, 0.1) is 0 Å². The van der Waals surface area contributed by atoms with Crippen LogP contribution in [0.3, 0.4) is 0 Å². The number of benzene rings is 1. The van der Waals surface area contributed by atoms with Crippen LogP contribution in [0.25, 0.3) is 6.08 Å². The van der Waals surface area contributed by atoms with Crippen LogP contribution in [0.4, 0.5) is 5.69 Å². The molecule has 0 aromatic heterocycles. The minimum absolute atomic E-state index is 0.170. The number of nitrogens with zero attached hydrogens (tertiary/aromatic N) is 1. The van der Waals surface area contributed by atoms with Gasteiger partial charge >= 0.3 is 0 Å². The molecular weight excluding hydrogens is 232 g/mol. The summed E-state index contributed by atoms with van der Waals surface area (Å²) >= 11 is 0. The number of hydrogen-bond acceptors (Lipinski definition) is 2. The summed E-state index contributed by atoms with van der Waals surface area (Å²) in [4.78, 5) is 2.12. The molecule has 0 bridgehead atoms. The molecule has 0 aliphatic rings. The van der Waals surface area contributed by atoms with Gasteiger partial charge in [0, 0.05) is 31.9 Å². The highest BCUT2D eigenvalue weighted by atomic mass is 15.1. The van der Waals surface area contributed by atoms with Gasteiger partial charge in [-0.1, -0.05) is 30.7 Å². The lowest BCUT2D eigenvalue weighted by Crippen LogP contribution is -2.36. The molecular formula is C17H28N2. The van der Waals surface area contributed by atoms with Gasteiger partial charge in [-0.05, 0) is 44.9 Å². The monoisotopic (exact) mass is 260 g/mol. The Balaban J connectivity index is 2.74.